The van der Waals surface area contributed by atoms with Crippen molar-refractivity contribution in [1.29, 1.82) is 0 Å². The topological polar surface area (TPSA) is 81.4 Å². The third-order valence-corrected chi connectivity index (χ3v) is 4.54. The van der Waals surface area contributed by atoms with Crippen molar-refractivity contribution in [3.8, 4) is 11.3 Å². The van der Waals surface area contributed by atoms with Gasteiger partial charge in [0.25, 0.3) is 0 Å². The molecule has 3 rings (SSSR count). The van der Waals surface area contributed by atoms with Gasteiger partial charge in [-0.1, -0.05) is 53.5 Å². The molecule has 0 aliphatic heterocycles. The van der Waals surface area contributed by atoms with Gasteiger partial charge in [-0.3, -0.25) is 9.59 Å². The van der Waals surface area contributed by atoms with E-state index in [1.807, 2.05) is 30.3 Å². The number of hydrogen-bond acceptors (Lipinski definition) is 5. The molecule has 29 heavy (non-hydrogen) atoms. The molecular weight excluding hydrogens is 415 g/mol. The Morgan fingerprint density at radius 3 is 2.66 bits per heavy atom. The minimum atomic E-state index is -0.502. The lowest BCUT2D eigenvalue weighted by atomic mass is 10.2. The van der Waals surface area contributed by atoms with Crippen LogP contribution in [-0.4, -0.2) is 23.4 Å². The molecule has 0 bridgehead atoms. The fourth-order valence-electron chi connectivity index (χ4n) is 2.51. The van der Waals surface area contributed by atoms with Gasteiger partial charge in [-0.2, -0.15) is 0 Å². The zero-order chi connectivity index (χ0) is 20.6. The number of oxazole rings is 1. The fraction of sp³-hybridized carbons (Fsp3) is 0.190. The van der Waals surface area contributed by atoms with Crippen LogP contribution in [-0.2, 0) is 27.4 Å². The lowest BCUT2D eigenvalue weighted by molar-refractivity contribution is -0.145. The van der Waals surface area contributed by atoms with E-state index in [0.29, 0.717) is 27.3 Å². The highest BCUT2D eigenvalue weighted by atomic mass is 35.5. The molecule has 1 aromatic heterocycles. The van der Waals surface area contributed by atoms with E-state index in [0.717, 1.165) is 5.56 Å². The highest BCUT2D eigenvalue weighted by Gasteiger charge is 2.12. The molecule has 0 aliphatic carbocycles. The van der Waals surface area contributed by atoms with E-state index < -0.39 is 5.97 Å². The summed E-state index contributed by atoms with van der Waals surface area (Å²) >= 11 is 12.0. The summed E-state index contributed by atoms with van der Waals surface area (Å²) < 4.78 is 10.8. The molecule has 3 aromatic rings. The second kappa shape index (κ2) is 10.1. The first kappa shape index (κ1) is 20.9. The van der Waals surface area contributed by atoms with Gasteiger partial charge in [-0.25, -0.2) is 4.98 Å². The summed E-state index contributed by atoms with van der Waals surface area (Å²) in [5, 5.41) is 3.50. The molecule has 0 unspecified atom stereocenters. The van der Waals surface area contributed by atoms with E-state index in [1.165, 1.54) is 0 Å². The molecule has 0 spiro atoms. The second-order valence-corrected chi connectivity index (χ2v) is 7.01. The number of carbonyl (C=O) groups is 2. The van der Waals surface area contributed by atoms with Gasteiger partial charge in [0.2, 0.25) is 5.91 Å². The Morgan fingerprint density at radius 1 is 1.10 bits per heavy atom. The largest absolute Gasteiger partial charge is 0.460 e. The quantitative estimate of drug-likeness (QED) is 0.532. The maximum absolute atomic E-state index is 11.9. The van der Waals surface area contributed by atoms with Crippen molar-refractivity contribution >= 4 is 35.1 Å². The summed E-state index contributed by atoms with van der Waals surface area (Å²) in [5.41, 5.74) is 1.55. The van der Waals surface area contributed by atoms with Crippen molar-refractivity contribution in [1.82, 2.24) is 10.3 Å². The molecule has 1 N–H and O–H groups in total. The minimum absolute atomic E-state index is 0.125. The van der Waals surface area contributed by atoms with Crippen LogP contribution >= 0.6 is 23.2 Å². The van der Waals surface area contributed by atoms with Gasteiger partial charge in [-0.15, -0.1) is 0 Å². The van der Waals surface area contributed by atoms with Crippen LogP contribution in [0.5, 0.6) is 0 Å². The summed E-state index contributed by atoms with van der Waals surface area (Å²) in [6.45, 7) is -0.0230. The van der Waals surface area contributed by atoms with E-state index in [9.17, 15) is 9.59 Å². The molecule has 150 valence electrons. The standard InChI is InChI=1S/C21H18Cl2N2O4/c22-15-6-7-16(17(23)10-15)18-11-25-20(29-18)9-8-19(26)24-12-21(27)28-13-14-4-2-1-3-5-14/h1-7,10-11H,8-9,12-13H2,(H,24,26). The van der Waals surface area contributed by atoms with Crippen LogP contribution in [0.25, 0.3) is 11.3 Å². The first-order valence-corrected chi connectivity index (χ1v) is 9.63. The highest BCUT2D eigenvalue weighted by Crippen LogP contribution is 2.30. The van der Waals surface area contributed by atoms with Crippen LogP contribution in [0.4, 0.5) is 0 Å². The highest BCUT2D eigenvalue weighted by molar-refractivity contribution is 6.36. The van der Waals surface area contributed by atoms with Crippen LogP contribution < -0.4 is 5.32 Å². The van der Waals surface area contributed by atoms with Gasteiger partial charge in [0.15, 0.2) is 11.7 Å². The number of carbonyl (C=O) groups excluding carboxylic acids is 2. The third-order valence-electron chi connectivity index (χ3n) is 3.99. The smallest absolute Gasteiger partial charge is 0.325 e. The number of nitrogens with zero attached hydrogens (tertiary/aromatic N) is 1. The molecule has 6 nitrogen and oxygen atoms in total. The maximum atomic E-state index is 11.9. The zero-order valence-corrected chi connectivity index (χ0v) is 16.9. The predicted octanol–water partition coefficient (Wildman–Crippen LogP) is 4.44. The van der Waals surface area contributed by atoms with Crippen molar-refractivity contribution in [2.24, 2.45) is 0 Å². The number of amides is 1. The van der Waals surface area contributed by atoms with Crippen molar-refractivity contribution in [3.05, 3.63) is 76.2 Å². The summed E-state index contributed by atoms with van der Waals surface area (Å²) in [6.07, 6.45) is 1.96. The number of esters is 1. The lowest BCUT2D eigenvalue weighted by Crippen LogP contribution is -2.30. The summed E-state index contributed by atoms with van der Waals surface area (Å²) in [4.78, 5) is 27.8. The van der Waals surface area contributed by atoms with Gasteiger partial charge in [-0.05, 0) is 23.8 Å². The number of nitrogens with one attached hydrogen (secondary N) is 1. The number of benzene rings is 2. The van der Waals surface area contributed by atoms with Gasteiger partial charge in [0.05, 0.1) is 11.2 Å². The molecule has 0 atom stereocenters. The van der Waals surface area contributed by atoms with Crippen LogP contribution in [0.15, 0.2) is 59.1 Å². The number of ether oxygens (including phenoxy) is 1. The Labute approximate surface area is 177 Å². The predicted molar refractivity (Wildman–Crippen MR) is 110 cm³/mol. The van der Waals surface area contributed by atoms with Crippen LogP contribution in [0.2, 0.25) is 10.0 Å². The van der Waals surface area contributed by atoms with Crippen molar-refractivity contribution in [3.63, 3.8) is 0 Å². The SMILES string of the molecule is O=C(CCc1ncc(-c2ccc(Cl)cc2Cl)o1)NCC(=O)OCc1ccccc1. The molecule has 8 heteroatoms. The Balaban J connectivity index is 1.41. The zero-order valence-electron chi connectivity index (χ0n) is 15.4. The Hall–Kier alpha value is -2.83. The summed E-state index contributed by atoms with van der Waals surface area (Å²) in [7, 11) is 0. The van der Waals surface area contributed by atoms with Crippen LogP contribution in [0, 0.1) is 0 Å². The third kappa shape index (κ3) is 6.34. The number of halogens is 2. The monoisotopic (exact) mass is 432 g/mol. The van der Waals surface area contributed by atoms with Crippen molar-refractivity contribution in [2.45, 2.75) is 19.4 Å². The Bertz CT molecular complexity index is 989. The van der Waals surface area contributed by atoms with Gasteiger partial charge in [0, 0.05) is 23.4 Å². The fourth-order valence-corrected chi connectivity index (χ4v) is 3.01. The van der Waals surface area contributed by atoms with E-state index in [1.54, 1.807) is 24.4 Å². The molecule has 0 radical (unpaired) electrons. The number of hydrogen-bond donors (Lipinski definition) is 1. The average Bonchev–Trinajstić information content (AvgIpc) is 3.18. The summed E-state index contributed by atoms with van der Waals surface area (Å²) in [6, 6.07) is 14.4. The Morgan fingerprint density at radius 2 is 1.90 bits per heavy atom. The molecule has 0 aliphatic rings. The van der Waals surface area contributed by atoms with Crippen molar-refractivity contribution in [2.75, 3.05) is 6.54 Å². The summed E-state index contributed by atoms with van der Waals surface area (Å²) in [5.74, 6) is 0.0864. The van der Waals surface area contributed by atoms with E-state index in [-0.39, 0.29) is 31.9 Å². The first-order valence-electron chi connectivity index (χ1n) is 8.87. The van der Waals surface area contributed by atoms with E-state index in [2.05, 4.69) is 10.3 Å². The van der Waals surface area contributed by atoms with Gasteiger partial charge in [0.1, 0.15) is 13.2 Å². The number of aromatic nitrogens is 1. The number of aryl methyl sites for hydroxylation is 1. The first-order chi connectivity index (χ1) is 14.0. The molecule has 2 aromatic carbocycles. The Kier molecular flexibility index (Phi) is 7.27. The van der Waals surface area contributed by atoms with Crippen molar-refractivity contribution < 1.29 is 18.7 Å². The second-order valence-electron chi connectivity index (χ2n) is 6.17. The normalized spacial score (nSPS) is 10.6. The van der Waals surface area contributed by atoms with E-state index >= 15 is 0 Å². The average molecular weight is 433 g/mol. The molecule has 1 heterocycles. The molecule has 0 fully saturated rings. The number of rotatable bonds is 8. The van der Waals surface area contributed by atoms with Gasteiger partial charge < -0.3 is 14.5 Å². The van der Waals surface area contributed by atoms with Crippen LogP contribution in [0.3, 0.4) is 0 Å². The maximum Gasteiger partial charge on any atom is 0.325 e. The van der Waals surface area contributed by atoms with Crippen LogP contribution in [0.1, 0.15) is 17.9 Å². The molecule has 0 saturated carbocycles. The lowest BCUT2D eigenvalue weighted by Gasteiger charge is -2.06. The molecule has 1 amide bonds. The van der Waals surface area contributed by atoms with E-state index in [4.69, 9.17) is 32.4 Å². The van der Waals surface area contributed by atoms with Gasteiger partial charge >= 0.3 is 5.97 Å². The minimum Gasteiger partial charge on any atom is -0.460 e. The molecule has 0 saturated heterocycles. The molecular formula is C21H18Cl2N2O4.